The summed E-state index contributed by atoms with van der Waals surface area (Å²) in [6.45, 7) is 6.03. The lowest BCUT2D eigenvalue weighted by Crippen LogP contribution is -2.50. The van der Waals surface area contributed by atoms with Gasteiger partial charge in [-0.3, -0.25) is 13.9 Å². The Morgan fingerprint density at radius 2 is 1.95 bits per heavy atom. The van der Waals surface area contributed by atoms with Crippen LogP contribution < -0.4 is 15.3 Å². The Kier molecular flexibility index (Phi) is 8.57. The fraction of sp³-hybridized carbons (Fsp3) is 0.522. The highest BCUT2D eigenvalue weighted by Gasteiger charge is 2.63. The van der Waals surface area contributed by atoms with Crippen molar-refractivity contribution < 1.29 is 42.5 Å². The lowest BCUT2D eigenvalue weighted by molar-refractivity contribution is -0.204. The number of benzene rings is 1. The Balaban J connectivity index is 1.85. The van der Waals surface area contributed by atoms with Gasteiger partial charge >= 0.3 is 19.4 Å². The van der Waals surface area contributed by atoms with Crippen LogP contribution in [0.1, 0.15) is 39.6 Å². The zero-order valence-corrected chi connectivity index (χ0v) is 21.9. The monoisotopic (exact) mass is 543 g/mol. The highest BCUT2D eigenvalue weighted by Crippen LogP contribution is 2.50. The van der Waals surface area contributed by atoms with Crippen LogP contribution in [0.15, 0.2) is 47.4 Å². The number of carbonyl (C=O) groups is 1. The smallest absolute Gasteiger partial charge is 0.459 e. The average molecular weight is 543 g/mol. The fourth-order valence-electron chi connectivity index (χ4n) is 3.58. The summed E-state index contributed by atoms with van der Waals surface area (Å²) in [6.07, 6.45) is -3.16. The molecule has 1 aliphatic rings. The van der Waals surface area contributed by atoms with E-state index in [2.05, 4.69) is 10.1 Å². The van der Waals surface area contributed by atoms with Gasteiger partial charge in [0.2, 0.25) is 0 Å². The number of aryl methyl sites for hydroxylation is 1. The zero-order valence-electron chi connectivity index (χ0n) is 21.0. The number of carbonyl (C=O) groups excluding carboxylic acids is 1. The molecule has 1 fully saturated rings. The summed E-state index contributed by atoms with van der Waals surface area (Å²) in [4.78, 5) is 28.3. The summed E-state index contributed by atoms with van der Waals surface area (Å²) in [5, 5.41) is 23.8. The largest absolute Gasteiger partial charge is 0.462 e. The Morgan fingerprint density at radius 1 is 1.30 bits per heavy atom. The number of ether oxygens (including phenoxy) is 2. The van der Waals surface area contributed by atoms with Crippen LogP contribution >= 0.6 is 7.75 Å². The molecule has 1 saturated heterocycles. The molecule has 204 valence electrons. The standard InChI is InChI=1S/C23H31FN3O9P/c1-14(2)34-18(28)16(4)26-37(32,36-17-9-7-6-8-10-17)33-13-23(24)19(29)22(5,31)20(35-23)27-12-11-15(3)25-21(27)30/h6-12,14,16,19-20,29,31H,13H2,1-5H3,(H,26,32). The lowest BCUT2D eigenvalue weighted by Gasteiger charge is -2.29. The van der Waals surface area contributed by atoms with E-state index < -0.39 is 61.9 Å². The van der Waals surface area contributed by atoms with Crippen molar-refractivity contribution in [2.45, 2.75) is 70.6 Å². The van der Waals surface area contributed by atoms with Gasteiger partial charge in [-0.25, -0.2) is 13.8 Å². The van der Waals surface area contributed by atoms with Crippen molar-refractivity contribution in [2.75, 3.05) is 6.61 Å². The molecule has 37 heavy (non-hydrogen) atoms. The zero-order chi connectivity index (χ0) is 27.6. The van der Waals surface area contributed by atoms with E-state index in [1.807, 2.05) is 0 Å². The van der Waals surface area contributed by atoms with Gasteiger partial charge in [-0.2, -0.15) is 10.1 Å². The van der Waals surface area contributed by atoms with Gasteiger partial charge < -0.3 is 24.2 Å². The van der Waals surface area contributed by atoms with Crippen molar-refractivity contribution in [2.24, 2.45) is 0 Å². The highest BCUT2D eigenvalue weighted by atomic mass is 31.2. The molecule has 3 rings (SSSR count). The summed E-state index contributed by atoms with van der Waals surface area (Å²) in [5.74, 6) is -3.83. The van der Waals surface area contributed by atoms with Crippen molar-refractivity contribution in [3.05, 3.63) is 58.8 Å². The molecule has 1 aromatic heterocycles. The van der Waals surface area contributed by atoms with Gasteiger partial charge in [0.25, 0.3) is 5.85 Å². The number of hydrogen-bond donors (Lipinski definition) is 3. The van der Waals surface area contributed by atoms with E-state index in [0.717, 1.165) is 11.5 Å². The number of para-hydroxylation sites is 1. The van der Waals surface area contributed by atoms with Crippen LogP contribution in [0.3, 0.4) is 0 Å². The van der Waals surface area contributed by atoms with Crippen molar-refractivity contribution in [3.8, 4) is 5.75 Å². The van der Waals surface area contributed by atoms with E-state index in [0.29, 0.717) is 5.69 Å². The van der Waals surface area contributed by atoms with Crippen molar-refractivity contribution in [1.29, 1.82) is 0 Å². The maximum absolute atomic E-state index is 15.9. The van der Waals surface area contributed by atoms with E-state index >= 15 is 4.39 Å². The molecule has 0 saturated carbocycles. The lowest BCUT2D eigenvalue weighted by atomic mass is 9.95. The molecule has 1 aromatic carbocycles. The van der Waals surface area contributed by atoms with Gasteiger partial charge in [0.1, 0.15) is 30.1 Å². The second-order valence-electron chi connectivity index (χ2n) is 9.16. The van der Waals surface area contributed by atoms with E-state index in [-0.39, 0.29) is 5.75 Å². The van der Waals surface area contributed by atoms with E-state index in [1.165, 1.54) is 31.3 Å². The van der Waals surface area contributed by atoms with Crippen molar-refractivity contribution in [3.63, 3.8) is 0 Å². The van der Waals surface area contributed by atoms with Gasteiger partial charge in [-0.15, -0.1) is 0 Å². The van der Waals surface area contributed by atoms with Crippen molar-refractivity contribution in [1.82, 2.24) is 14.6 Å². The summed E-state index contributed by atoms with van der Waals surface area (Å²) < 4.78 is 51.4. The number of halogens is 1. The maximum Gasteiger partial charge on any atom is 0.459 e. The molecule has 0 aliphatic carbocycles. The van der Waals surface area contributed by atoms with Crippen LogP contribution in [-0.4, -0.2) is 62.0 Å². The third-order valence-electron chi connectivity index (χ3n) is 5.45. The van der Waals surface area contributed by atoms with E-state index in [4.69, 9.17) is 18.5 Å². The van der Waals surface area contributed by atoms with Gasteiger partial charge in [0.15, 0.2) is 6.23 Å². The summed E-state index contributed by atoms with van der Waals surface area (Å²) in [6, 6.07) is 8.01. The molecule has 0 amide bonds. The highest BCUT2D eigenvalue weighted by molar-refractivity contribution is 7.52. The molecule has 12 nitrogen and oxygen atoms in total. The molecule has 0 radical (unpaired) electrons. The summed E-state index contributed by atoms with van der Waals surface area (Å²) >= 11 is 0. The quantitative estimate of drug-likeness (QED) is 0.297. The fourth-order valence-corrected chi connectivity index (χ4v) is 5.08. The molecule has 2 aromatic rings. The number of aliphatic hydroxyl groups is 2. The topological polar surface area (TPSA) is 158 Å². The average Bonchev–Trinajstić information content (AvgIpc) is 2.98. The summed E-state index contributed by atoms with van der Waals surface area (Å²) in [5.41, 5.74) is -2.78. The molecule has 1 aliphatic heterocycles. The molecule has 2 heterocycles. The first kappa shape index (κ1) is 28.9. The van der Waals surface area contributed by atoms with Crippen LogP contribution in [-0.2, 0) is 23.4 Å². The number of hydrogen-bond acceptors (Lipinski definition) is 10. The predicted octanol–water partition coefficient (Wildman–Crippen LogP) is 1.99. The second-order valence-corrected chi connectivity index (χ2v) is 10.8. The Labute approximate surface area is 212 Å². The number of aromatic nitrogens is 2. The molecule has 14 heteroatoms. The molecule has 3 N–H and O–H groups in total. The first-order valence-corrected chi connectivity index (χ1v) is 13.0. The first-order valence-electron chi connectivity index (χ1n) is 11.5. The molecular formula is C23H31FN3O9P. The molecule has 0 spiro atoms. The van der Waals surface area contributed by atoms with E-state index in [9.17, 15) is 24.4 Å². The number of rotatable bonds is 10. The van der Waals surface area contributed by atoms with Crippen LogP contribution in [0.25, 0.3) is 0 Å². The minimum Gasteiger partial charge on any atom is -0.462 e. The normalized spacial score (nSPS) is 28.0. The third kappa shape index (κ3) is 6.61. The number of nitrogens with zero attached hydrogens (tertiary/aromatic N) is 2. The van der Waals surface area contributed by atoms with Gasteiger partial charge in [-0.1, -0.05) is 18.2 Å². The van der Waals surface area contributed by atoms with Crippen molar-refractivity contribution >= 4 is 13.7 Å². The van der Waals surface area contributed by atoms with Gasteiger partial charge in [0, 0.05) is 11.9 Å². The first-order chi connectivity index (χ1) is 17.2. The van der Waals surface area contributed by atoms with Crippen LogP contribution in [0, 0.1) is 6.92 Å². The molecular weight excluding hydrogens is 512 g/mol. The minimum absolute atomic E-state index is 0.0747. The molecule has 6 atom stereocenters. The maximum atomic E-state index is 15.9. The number of nitrogens with one attached hydrogen (secondary N) is 1. The van der Waals surface area contributed by atoms with E-state index in [1.54, 1.807) is 39.0 Å². The molecule has 6 unspecified atom stereocenters. The predicted molar refractivity (Wildman–Crippen MR) is 128 cm³/mol. The SMILES string of the molecule is Cc1ccn(C2OC(F)(COP(=O)(NC(C)C(=O)OC(C)C)Oc3ccccc3)C(O)C2(C)O)c(=O)n1. The number of alkyl halides is 1. The Morgan fingerprint density at radius 3 is 2.54 bits per heavy atom. The van der Waals surface area contributed by atoms with Gasteiger partial charge in [-0.05, 0) is 52.8 Å². The minimum atomic E-state index is -4.51. The number of aliphatic hydroxyl groups excluding tert-OH is 1. The van der Waals surface area contributed by atoms with Crippen LogP contribution in [0.2, 0.25) is 0 Å². The molecule has 0 bridgehead atoms. The summed E-state index contributed by atoms with van der Waals surface area (Å²) in [7, 11) is -4.51. The van der Waals surface area contributed by atoms with Crippen LogP contribution in [0.4, 0.5) is 4.39 Å². The Hall–Kier alpha value is -2.67. The number of esters is 1. The van der Waals surface area contributed by atoms with Gasteiger partial charge in [0.05, 0.1) is 6.10 Å². The Bertz CT molecular complexity index is 1210. The van der Waals surface area contributed by atoms with Crippen LogP contribution in [0.5, 0.6) is 5.75 Å². The second kappa shape index (κ2) is 11.0. The third-order valence-corrected chi connectivity index (χ3v) is 7.07.